The summed E-state index contributed by atoms with van der Waals surface area (Å²) in [5, 5.41) is 10.8. The average molecular weight is 387 g/mol. The number of imidazole rings is 1. The quantitative estimate of drug-likeness (QED) is 0.426. The van der Waals surface area contributed by atoms with Gasteiger partial charge in [-0.05, 0) is 49.1 Å². The first-order valence-corrected chi connectivity index (χ1v) is 9.65. The molecule has 0 spiro atoms. The predicted octanol–water partition coefficient (Wildman–Crippen LogP) is 3.77. The predicted molar refractivity (Wildman–Crippen MR) is 110 cm³/mol. The molecule has 0 amide bonds. The number of aliphatic imine (C=N–C) groups is 1. The molecule has 0 saturated heterocycles. The minimum Gasteiger partial charge on any atom is -0.484 e. The summed E-state index contributed by atoms with van der Waals surface area (Å²) >= 11 is 0. The molecule has 0 aliphatic heterocycles. The Morgan fingerprint density at radius 1 is 1.36 bits per heavy atom. The zero-order valence-corrected chi connectivity index (χ0v) is 16.9. The van der Waals surface area contributed by atoms with E-state index in [1.54, 1.807) is 7.05 Å². The Morgan fingerprint density at radius 3 is 2.68 bits per heavy atom. The van der Waals surface area contributed by atoms with Crippen LogP contribution in [0.15, 0.2) is 47.5 Å². The van der Waals surface area contributed by atoms with Crippen molar-refractivity contribution in [3.63, 3.8) is 0 Å². The maximum Gasteiger partial charge on any atom is 0.342 e. The Morgan fingerprint density at radius 2 is 2.11 bits per heavy atom. The molecule has 1 aliphatic rings. The van der Waals surface area contributed by atoms with Crippen LogP contribution in [0.3, 0.4) is 0 Å². The molecule has 0 radical (unpaired) electrons. The summed E-state index contributed by atoms with van der Waals surface area (Å²) in [7, 11) is 1.61. The van der Waals surface area contributed by atoms with Crippen LogP contribution in [-0.2, 0) is 18.4 Å². The topological polar surface area (TPSA) is 85.8 Å². The van der Waals surface area contributed by atoms with Crippen LogP contribution in [0.1, 0.15) is 38.9 Å². The van der Waals surface area contributed by atoms with E-state index in [2.05, 4.69) is 34.8 Å². The van der Waals surface area contributed by atoms with E-state index in [0.29, 0.717) is 18.0 Å². The van der Waals surface area contributed by atoms with Gasteiger partial charge in [0, 0.05) is 24.9 Å². The van der Waals surface area contributed by atoms with E-state index in [1.165, 1.54) is 10.8 Å². The first kappa shape index (κ1) is 21.6. The molecule has 0 atom stereocenters. The Kier molecular flexibility index (Phi) is 8.61. The van der Waals surface area contributed by atoms with Crippen molar-refractivity contribution in [2.45, 2.75) is 39.7 Å². The van der Waals surface area contributed by atoms with Crippen LogP contribution in [0.5, 0.6) is 0 Å². The number of aromatic nitrogens is 2. The van der Waals surface area contributed by atoms with Gasteiger partial charge in [0.15, 0.2) is 6.61 Å². The van der Waals surface area contributed by atoms with Crippen molar-refractivity contribution in [2.75, 3.05) is 19.6 Å². The molecule has 1 aliphatic carbocycles. The second-order valence-electron chi connectivity index (χ2n) is 6.59. The van der Waals surface area contributed by atoms with Gasteiger partial charge in [-0.25, -0.2) is 9.55 Å². The monoisotopic (exact) mass is 387 g/mol. The van der Waals surface area contributed by atoms with Gasteiger partial charge in [0.05, 0.1) is 7.05 Å². The molecule has 28 heavy (non-hydrogen) atoms. The lowest BCUT2D eigenvalue weighted by Gasteiger charge is -2.18. The summed E-state index contributed by atoms with van der Waals surface area (Å²) in [5.41, 5.74) is 0.966. The minimum atomic E-state index is -0.462. The zero-order valence-electron chi connectivity index (χ0n) is 16.9. The summed E-state index contributed by atoms with van der Waals surface area (Å²) < 4.78 is 7.11. The van der Waals surface area contributed by atoms with Gasteiger partial charge in [-0.3, -0.25) is 9.89 Å². The molecule has 1 aromatic heterocycles. The highest BCUT2D eigenvalue weighted by atomic mass is 16.6. The molecule has 0 saturated carbocycles. The molecule has 8 nitrogen and oxygen atoms in total. The molecule has 0 fully saturated rings. The van der Waals surface area contributed by atoms with Gasteiger partial charge in [0.2, 0.25) is 5.82 Å². The number of hydrogen-bond donors (Lipinski definition) is 0. The number of nitro groups is 1. The smallest absolute Gasteiger partial charge is 0.342 e. The fraction of sp³-hybridized carbons (Fsp3) is 0.500. The largest absolute Gasteiger partial charge is 0.484 e. The number of allylic oxidation sites excluding steroid dienone is 3. The molecule has 1 heterocycles. The van der Waals surface area contributed by atoms with Crippen molar-refractivity contribution >= 4 is 11.5 Å². The number of hydrogen-bond acceptors (Lipinski definition) is 6. The lowest BCUT2D eigenvalue weighted by atomic mass is 10.1. The molecular formula is C20H29N5O3. The normalized spacial score (nSPS) is 15.6. The minimum absolute atomic E-state index is 0.0515. The molecule has 0 aromatic carbocycles. The van der Waals surface area contributed by atoms with Crippen LogP contribution in [0, 0.1) is 10.1 Å². The zero-order chi connectivity index (χ0) is 20.4. The highest BCUT2D eigenvalue weighted by molar-refractivity contribution is 5.97. The van der Waals surface area contributed by atoms with Gasteiger partial charge in [0.1, 0.15) is 12.0 Å². The Hall–Kier alpha value is -2.74. The highest BCUT2D eigenvalue weighted by Gasteiger charge is 2.17. The molecule has 0 bridgehead atoms. The van der Waals surface area contributed by atoms with Crippen molar-refractivity contribution in [2.24, 2.45) is 12.0 Å². The second-order valence-corrected chi connectivity index (χ2v) is 6.59. The third-order valence-electron chi connectivity index (χ3n) is 4.36. The lowest BCUT2D eigenvalue weighted by molar-refractivity contribution is -0.391. The summed E-state index contributed by atoms with van der Waals surface area (Å²) in [6, 6.07) is 0. The SMILES string of the molecule is CCCN(CC=CN=C1C=CC(OCc2ncc([N+](=O)[O-])n2C)=CC1)CCC. The van der Waals surface area contributed by atoms with Gasteiger partial charge < -0.3 is 14.9 Å². The van der Waals surface area contributed by atoms with Crippen molar-refractivity contribution in [1.29, 1.82) is 0 Å². The van der Waals surface area contributed by atoms with Crippen molar-refractivity contribution in [3.05, 3.63) is 58.4 Å². The third kappa shape index (κ3) is 6.45. The van der Waals surface area contributed by atoms with E-state index < -0.39 is 4.92 Å². The summed E-state index contributed by atoms with van der Waals surface area (Å²) in [5.74, 6) is 1.17. The first-order valence-electron chi connectivity index (χ1n) is 9.65. The summed E-state index contributed by atoms with van der Waals surface area (Å²) in [6.45, 7) is 7.70. The fourth-order valence-electron chi connectivity index (χ4n) is 2.88. The van der Waals surface area contributed by atoms with E-state index in [4.69, 9.17) is 4.74 Å². The van der Waals surface area contributed by atoms with E-state index in [-0.39, 0.29) is 12.4 Å². The van der Waals surface area contributed by atoms with Gasteiger partial charge in [0.25, 0.3) is 0 Å². The van der Waals surface area contributed by atoms with Crippen LogP contribution < -0.4 is 0 Å². The number of ether oxygens (including phenoxy) is 1. The Labute approximate surface area is 166 Å². The van der Waals surface area contributed by atoms with Crippen LogP contribution >= 0.6 is 0 Å². The molecule has 2 rings (SSSR count). The standard InChI is InChI=1S/C20H29N5O3/c1-4-12-24(13-5-2)14-6-11-21-17-7-9-18(10-8-17)28-16-19-22-15-20(23(19)3)25(26)27/h6-7,9-11,15H,4-5,8,12-14,16H2,1-3H3. The molecule has 0 unspecified atom stereocenters. The van der Waals surface area contributed by atoms with Crippen LogP contribution in [0.2, 0.25) is 0 Å². The van der Waals surface area contributed by atoms with Gasteiger partial charge in [-0.1, -0.05) is 19.9 Å². The first-order chi connectivity index (χ1) is 13.5. The van der Waals surface area contributed by atoms with Crippen molar-refractivity contribution in [3.8, 4) is 0 Å². The lowest BCUT2D eigenvalue weighted by Crippen LogP contribution is -2.25. The Balaban J connectivity index is 1.81. The maximum atomic E-state index is 10.8. The van der Waals surface area contributed by atoms with Crippen molar-refractivity contribution < 1.29 is 9.66 Å². The molecule has 8 heteroatoms. The second kappa shape index (κ2) is 11.2. The van der Waals surface area contributed by atoms with E-state index in [9.17, 15) is 10.1 Å². The van der Waals surface area contributed by atoms with Gasteiger partial charge in [-0.15, -0.1) is 0 Å². The Bertz CT molecular complexity index is 771. The van der Waals surface area contributed by atoms with Crippen LogP contribution in [0.25, 0.3) is 0 Å². The molecule has 152 valence electrons. The van der Waals surface area contributed by atoms with Crippen molar-refractivity contribution in [1.82, 2.24) is 14.5 Å². The fourth-order valence-corrected chi connectivity index (χ4v) is 2.88. The van der Waals surface area contributed by atoms with E-state index in [1.807, 2.05) is 24.4 Å². The average Bonchev–Trinajstić information content (AvgIpc) is 3.05. The molecular weight excluding hydrogens is 358 g/mol. The van der Waals surface area contributed by atoms with Gasteiger partial charge in [-0.2, -0.15) is 0 Å². The number of rotatable bonds is 11. The van der Waals surface area contributed by atoms with Crippen LogP contribution in [0.4, 0.5) is 5.82 Å². The van der Waals surface area contributed by atoms with Gasteiger partial charge >= 0.3 is 5.82 Å². The third-order valence-corrected chi connectivity index (χ3v) is 4.36. The number of nitrogens with zero attached hydrogens (tertiary/aromatic N) is 5. The summed E-state index contributed by atoms with van der Waals surface area (Å²) in [4.78, 5) is 21.3. The van der Waals surface area contributed by atoms with Crippen LogP contribution in [-0.4, -0.2) is 44.7 Å². The van der Waals surface area contributed by atoms with E-state index in [0.717, 1.165) is 38.2 Å². The summed E-state index contributed by atoms with van der Waals surface area (Å²) in [6.07, 6.45) is 13.9. The van der Waals surface area contributed by atoms with E-state index >= 15 is 0 Å². The molecule has 0 N–H and O–H groups in total. The molecule has 1 aromatic rings. The highest BCUT2D eigenvalue weighted by Crippen LogP contribution is 2.16. The maximum absolute atomic E-state index is 10.8.